The summed E-state index contributed by atoms with van der Waals surface area (Å²) in [5, 5.41) is 20.5. The number of hydrogen-bond acceptors (Lipinski definition) is 6. The lowest BCUT2D eigenvalue weighted by atomic mass is 10.2. The average Bonchev–Trinajstić information content (AvgIpc) is 2.54. The molecule has 156 valence electrons. The van der Waals surface area contributed by atoms with E-state index >= 15 is 0 Å². The highest BCUT2D eigenvalue weighted by Gasteiger charge is 2.24. The molecule has 0 aliphatic rings. The Labute approximate surface area is 164 Å². The Morgan fingerprint density at radius 1 is 1.32 bits per heavy atom. The molecule has 1 rings (SSSR count). The molecular weight excluding hydrogens is 366 g/mol. The van der Waals surface area contributed by atoms with Gasteiger partial charge in [0.1, 0.15) is 11.4 Å². The molecule has 3 N–H and O–H groups in total. The Morgan fingerprint density at radius 2 is 2.00 bits per heavy atom. The first-order chi connectivity index (χ1) is 13.0. The monoisotopic (exact) mass is 395 g/mol. The van der Waals surface area contributed by atoms with Crippen LogP contribution < -0.4 is 10.2 Å². The van der Waals surface area contributed by atoms with E-state index in [0.29, 0.717) is 12.2 Å². The summed E-state index contributed by atoms with van der Waals surface area (Å²) in [4.78, 5) is 40.5. The fraction of sp³-hybridized carbons (Fsp3) is 0.579. The van der Waals surface area contributed by atoms with Crippen molar-refractivity contribution in [3.8, 4) is 0 Å². The lowest BCUT2D eigenvalue weighted by Crippen LogP contribution is -2.38. The van der Waals surface area contributed by atoms with Crippen molar-refractivity contribution in [2.45, 2.75) is 58.7 Å². The summed E-state index contributed by atoms with van der Waals surface area (Å²) in [7, 11) is 0. The normalized spacial score (nSPS) is 12.2. The van der Waals surface area contributed by atoms with Crippen LogP contribution in [0, 0.1) is 6.92 Å². The molecule has 9 nitrogen and oxygen atoms in total. The van der Waals surface area contributed by atoms with Crippen LogP contribution in [-0.2, 0) is 14.3 Å². The number of aryl methyl sites for hydroxylation is 1. The summed E-state index contributed by atoms with van der Waals surface area (Å²) >= 11 is 0. The fourth-order valence-electron chi connectivity index (χ4n) is 2.28. The van der Waals surface area contributed by atoms with Crippen LogP contribution in [0.15, 0.2) is 18.3 Å². The molecule has 0 saturated heterocycles. The molecule has 28 heavy (non-hydrogen) atoms. The Bertz CT molecular complexity index is 686. The maximum Gasteiger partial charge on any atom is 0.416 e. The highest BCUT2D eigenvalue weighted by atomic mass is 16.6. The highest BCUT2D eigenvalue weighted by Crippen LogP contribution is 2.18. The van der Waals surface area contributed by atoms with Crippen molar-refractivity contribution in [3.05, 3.63) is 23.9 Å². The molecule has 0 aliphatic carbocycles. The van der Waals surface area contributed by atoms with Gasteiger partial charge in [-0.2, -0.15) is 0 Å². The van der Waals surface area contributed by atoms with Crippen molar-refractivity contribution < 1.29 is 29.3 Å². The number of amides is 2. The number of nitrogens with one attached hydrogen (secondary N) is 1. The standard InChI is InChI=1S/C19H29N3O6/c1-13-7-8-20-15(10-13)22(18(27)28-19(2,3)4)9-5-6-16(24)21-12-14(23)11-17(25)26/h7-8,10,14,23H,5-6,9,11-12H2,1-4H3,(H,21,24)(H,25,26). The van der Waals surface area contributed by atoms with E-state index in [1.807, 2.05) is 13.0 Å². The number of aromatic nitrogens is 1. The largest absolute Gasteiger partial charge is 0.481 e. The van der Waals surface area contributed by atoms with Crippen LogP contribution in [0.3, 0.4) is 0 Å². The van der Waals surface area contributed by atoms with E-state index in [1.165, 1.54) is 4.90 Å². The molecular formula is C19H29N3O6. The van der Waals surface area contributed by atoms with Gasteiger partial charge in [0.2, 0.25) is 5.91 Å². The number of carboxylic acids is 1. The zero-order valence-corrected chi connectivity index (χ0v) is 16.8. The third-order valence-corrected chi connectivity index (χ3v) is 3.52. The molecule has 1 aromatic rings. The summed E-state index contributed by atoms with van der Waals surface area (Å²) in [5.74, 6) is -1.04. The fourth-order valence-corrected chi connectivity index (χ4v) is 2.28. The van der Waals surface area contributed by atoms with Crippen LogP contribution in [0.2, 0.25) is 0 Å². The molecule has 1 heterocycles. The molecule has 0 spiro atoms. The first kappa shape index (κ1) is 23.4. The van der Waals surface area contributed by atoms with Crippen molar-refractivity contribution >= 4 is 23.8 Å². The van der Waals surface area contributed by atoms with Crippen molar-refractivity contribution in [2.24, 2.45) is 0 Å². The first-order valence-electron chi connectivity index (χ1n) is 9.07. The molecule has 9 heteroatoms. The Hall–Kier alpha value is -2.68. The number of hydrogen-bond donors (Lipinski definition) is 3. The van der Waals surface area contributed by atoms with Crippen molar-refractivity contribution in [1.29, 1.82) is 0 Å². The van der Waals surface area contributed by atoms with E-state index in [1.54, 1.807) is 33.0 Å². The van der Waals surface area contributed by atoms with Crippen molar-refractivity contribution in [1.82, 2.24) is 10.3 Å². The molecule has 1 unspecified atom stereocenters. The number of aliphatic carboxylic acids is 1. The maximum atomic E-state index is 12.5. The predicted molar refractivity (Wildman–Crippen MR) is 103 cm³/mol. The number of aliphatic hydroxyl groups excluding tert-OH is 1. The molecule has 0 saturated carbocycles. The number of ether oxygens (including phenoxy) is 1. The van der Waals surface area contributed by atoms with Gasteiger partial charge in [-0.15, -0.1) is 0 Å². The summed E-state index contributed by atoms with van der Waals surface area (Å²) in [6.45, 7) is 7.26. The number of aliphatic hydroxyl groups is 1. The first-order valence-corrected chi connectivity index (χ1v) is 9.07. The predicted octanol–water partition coefficient (Wildman–Crippen LogP) is 1.86. The second kappa shape index (κ2) is 10.6. The number of pyridine rings is 1. The SMILES string of the molecule is Cc1ccnc(N(CCCC(=O)NCC(O)CC(=O)O)C(=O)OC(C)(C)C)c1. The molecule has 0 aromatic carbocycles. The van der Waals surface area contributed by atoms with Gasteiger partial charge in [-0.3, -0.25) is 14.5 Å². The Balaban J connectivity index is 2.63. The van der Waals surface area contributed by atoms with E-state index in [4.69, 9.17) is 9.84 Å². The molecule has 1 aromatic heterocycles. The number of anilines is 1. The number of nitrogens with zero attached hydrogens (tertiary/aromatic N) is 2. The van der Waals surface area contributed by atoms with E-state index in [2.05, 4.69) is 10.3 Å². The molecule has 0 bridgehead atoms. The van der Waals surface area contributed by atoms with Gasteiger partial charge in [0.15, 0.2) is 0 Å². The van der Waals surface area contributed by atoms with E-state index in [0.717, 1.165) is 5.56 Å². The van der Waals surface area contributed by atoms with Crippen LogP contribution in [0.1, 0.15) is 45.6 Å². The molecule has 0 aliphatic heterocycles. The second-order valence-electron chi connectivity index (χ2n) is 7.48. The van der Waals surface area contributed by atoms with Gasteiger partial charge in [0.05, 0.1) is 12.5 Å². The molecule has 0 fully saturated rings. The third-order valence-electron chi connectivity index (χ3n) is 3.52. The zero-order chi connectivity index (χ0) is 21.3. The van der Waals surface area contributed by atoms with Crippen molar-refractivity contribution in [2.75, 3.05) is 18.0 Å². The second-order valence-corrected chi connectivity index (χ2v) is 7.48. The van der Waals surface area contributed by atoms with Gasteiger partial charge < -0.3 is 20.3 Å². The number of carboxylic acid groups (broad SMARTS) is 1. The van der Waals surface area contributed by atoms with Crippen LogP contribution in [-0.4, -0.2) is 58.0 Å². The van der Waals surface area contributed by atoms with E-state index < -0.39 is 30.2 Å². The van der Waals surface area contributed by atoms with E-state index in [9.17, 15) is 19.5 Å². The molecule has 1 atom stereocenters. The minimum Gasteiger partial charge on any atom is -0.481 e. The van der Waals surface area contributed by atoms with Gasteiger partial charge in [0, 0.05) is 25.7 Å². The maximum absolute atomic E-state index is 12.5. The number of carbonyl (C=O) groups excluding carboxylic acids is 2. The smallest absolute Gasteiger partial charge is 0.416 e. The summed E-state index contributed by atoms with van der Waals surface area (Å²) in [5.41, 5.74) is 0.264. The van der Waals surface area contributed by atoms with Gasteiger partial charge in [0.25, 0.3) is 0 Å². The number of rotatable bonds is 9. The Morgan fingerprint density at radius 3 is 2.57 bits per heavy atom. The summed E-state index contributed by atoms with van der Waals surface area (Å²) in [6.07, 6.45) is -0.0932. The van der Waals surface area contributed by atoms with E-state index in [-0.39, 0.29) is 25.4 Å². The highest BCUT2D eigenvalue weighted by molar-refractivity contribution is 5.86. The zero-order valence-electron chi connectivity index (χ0n) is 16.8. The van der Waals surface area contributed by atoms with Crippen LogP contribution >= 0.6 is 0 Å². The van der Waals surface area contributed by atoms with Crippen LogP contribution in [0.25, 0.3) is 0 Å². The summed E-state index contributed by atoms with van der Waals surface area (Å²) in [6, 6.07) is 3.57. The minimum atomic E-state index is -1.14. The van der Waals surface area contributed by atoms with Crippen LogP contribution in [0.4, 0.5) is 10.6 Å². The van der Waals surface area contributed by atoms with Gasteiger partial charge in [-0.1, -0.05) is 0 Å². The lowest BCUT2D eigenvalue weighted by Gasteiger charge is -2.27. The third kappa shape index (κ3) is 9.31. The number of carbonyl (C=O) groups is 3. The average molecular weight is 395 g/mol. The molecule has 2 amide bonds. The lowest BCUT2D eigenvalue weighted by molar-refractivity contribution is -0.139. The minimum absolute atomic E-state index is 0.102. The molecule has 0 radical (unpaired) electrons. The van der Waals surface area contributed by atoms with Crippen molar-refractivity contribution in [3.63, 3.8) is 0 Å². The quantitative estimate of drug-likeness (QED) is 0.582. The summed E-state index contributed by atoms with van der Waals surface area (Å²) < 4.78 is 5.43. The van der Waals surface area contributed by atoms with Gasteiger partial charge >= 0.3 is 12.1 Å². The van der Waals surface area contributed by atoms with Crippen LogP contribution in [0.5, 0.6) is 0 Å². The topological polar surface area (TPSA) is 129 Å². The van der Waals surface area contributed by atoms with Gasteiger partial charge in [-0.25, -0.2) is 9.78 Å². The Kier molecular flexibility index (Phi) is 8.84. The van der Waals surface area contributed by atoms with Gasteiger partial charge in [-0.05, 0) is 51.8 Å².